The van der Waals surface area contributed by atoms with Gasteiger partial charge in [-0.25, -0.2) is 21.2 Å². The molecule has 2 aromatic rings. The third-order valence-corrected chi connectivity index (χ3v) is 9.33. The van der Waals surface area contributed by atoms with Gasteiger partial charge in [0.1, 0.15) is 5.82 Å². The topological polar surface area (TPSA) is 71.5 Å². The molecule has 1 fully saturated rings. The molecule has 3 rings (SSSR count). The van der Waals surface area contributed by atoms with Crippen LogP contribution in [0.25, 0.3) is 0 Å². The lowest BCUT2D eigenvalue weighted by atomic mass is 9.87. The normalized spacial score (nSPS) is 20.9. The van der Waals surface area contributed by atoms with Crippen LogP contribution in [-0.4, -0.2) is 40.0 Å². The van der Waals surface area contributed by atoms with Crippen LogP contribution >= 0.6 is 0 Å². The Bertz CT molecular complexity index is 1090. The molecule has 1 aliphatic rings. The highest BCUT2D eigenvalue weighted by atomic mass is 32.2. The second kappa shape index (κ2) is 7.81. The van der Waals surface area contributed by atoms with Gasteiger partial charge in [0.05, 0.1) is 15.9 Å². The fraction of sp³-hybridized carbons (Fsp3) is 0.429. The number of nitrogens with zero attached hydrogens (tertiary/aromatic N) is 1. The summed E-state index contributed by atoms with van der Waals surface area (Å²) in [6, 6.07) is 12.4. The van der Waals surface area contributed by atoms with Crippen LogP contribution in [0.4, 0.5) is 4.39 Å². The molecule has 0 aromatic heterocycles. The minimum Gasteiger partial charge on any atom is -0.228 e. The largest absolute Gasteiger partial charge is 0.243 e. The summed E-state index contributed by atoms with van der Waals surface area (Å²) in [4.78, 5) is 0.132. The van der Waals surface area contributed by atoms with Crippen molar-refractivity contribution in [2.45, 2.75) is 42.8 Å². The second-order valence-corrected chi connectivity index (χ2v) is 12.6. The van der Waals surface area contributed by atoms with Crippen LogP contribution < -0.4 is 0 Å². The highest BCUT2D eigenvalue weighted by molar-refractivity contribution is 7.92. The maximum atomic E-state index is 14.2. The number of sulfone groups is 1. The monoisotopic (exact) mass is 439 g/mol. The number of sulfonamides is 1. The van der Waals surface area contributed by atoms with Crippen molar-refractivity contribution in [3.05, 3.63) is 65.5 Å². The van der Waals surface area contributed by atoms with E-state index in [0.717, 1.165) is 5.56 Å². The average molecular weight is 440 g/mol. The van der Waals surface area contributed by atoms with Crippen molar-refractivity contribution in [3.8, 4) is 0 Å². The lowest BCUT2D eigenvalue weighted by Gasteiger charge is -2.22. The molecule has 0 bridgehead atoms. The van der Waals surface area contributed by atoms with Crippen LogP contribution in [0.2, 0.25) is 0 Å². The summed E-state index contributed by atoms with van der Waals surface area (Å²) in [5, 5.41) is -1.05. The van der Waals surface area contributed by atoms with Gasteiger partial charge in [0, 0.05) is 18.7 Å². The van der Waals surface area contributed by atoms with E-state index in [1.165, 1.54) is 22.5 Å². The van der Waals surface area contributed by atoms with Crippen LogP contribution in [-0.2, 0) is 25.3 Å². The maximum absolute atomic E-state index is 14.2. The van der Waals surface area contributed by atoms with E-state index in [1.54, 1.807) is 30.3 Å². The average Bonchev–Trinajstić information content (AvgIpc) is 2.80. The quantitative estimate of drug-likeness (QED) is 0.732. The summed E-state index contributed by atoms with van der Waals surface area (Å²) in [6.07, 6.45) is 0.0164. The van der Waals surface area contributed by atoms with Gasteiger partial charge in [-0.15, -0.1) is 0 Å². The Morgan fingerprint density at radius 1 is 1.00 bits per heavy atom. The summed E-state index contributed by atoms with van der Waals surface area (Å²) in [5.74, 6) is -0.930. The van der Waals surface area contributed by atoms with Gasteiger partial charge in [0.15, 0.2) is 9.84 Å². The van der Waals surface area contributed by atoms with Crippen molar-refractivity contribution in [1.82, 2.24) is 4.31 Å². The van der Waals surface area contributed by atoms with E-state index in [2.05, 4.69) is 0 Å². The van der Waals surface area contributed by atoms with Gasteiger partial charge in [0.25, 0.3) is 0 Å². The van der Waals surface area contributed by atoms with Gasteiger partial charge in [-0.2, -0.15) is 4.31 Å². The zero-order chi connectivity index (χ0) is 21.4. The van der Waals surface area contributed by atoms with Crippen LogP contribution in [0, 0.1) is 5.82 Å². The fourth-order valence-corrected chi connectivity index (χ4v) is 6.90. The lowest BCUT2D eigenvalue weighted by Crippen LogP contribution is -2.33. The standard InChI is InChI=1S/C21H26FNO4S2/c1-21(2,3)16-8-10-17(11-9-16)29(26,27)23-13-12-20(28(24,25)15-14-23)18-6-4-5-7-19(18)22/h4-11,20H,12-15H2,1-3H3. The Morgan fingerprint density at radius 2 is 1.62 bits per heavy atom. The molecule has 0 aliphatic carbocycles. The van der Waals surface area contributed by atoms with Gasteiger partial charge < -0.3 is 0 Å². The molecule has 0 amide bonds. The van der Waals surface area contributed by atoms with E-state index in [9.17, 15) is 21.2 Å². The number of rotatable bonds is 3. The first kappa shape index (κ1) is 21.9. The predicted octanol–water partition coefficient (Wildman–Crippen LogP) is 3.67. The second-order valence-electron chi connectivity index (χ2n) is 8.34. The summed E-state index contributed by atoms with van der Waals surface area (Å²) >= 11 is 0. The summed E-state index contributed by atoms with van der Waals surface area (Å²) < 4.78 is 67.0. The molecular formula is C21H26FNO4S2. The molecular weight excluding hydrogens is 413 g/mol. The van der Waals surface area contributed by atoms with Crippen LogP contribution in [0.15, 0.2) is 53.4 Å². The first-order chi connectivity index (χ1) is 13.4. The highest BCUT2D eigenvalue weighted by Gasteiger charge is 2.36. The van der Waals surface area contributed by atoms with Crippen molar-refractivity contribution >= 4 is 19.9 Å². The zero-order valence-electron chi connectivity index (χ0n) is 16.8. The van der Waals surface area contributed by atoms with Crippen molar-refractivity contribution in [1.29, 1.82) is 0 Å². The van der Waals surface area contributed by atoms with Gasteiger partial charge in [-0.05, 0) is 35.6 Å². The van der Waals surface area contributed by atoms with E-state index in [4.69, 9.17) is 0 Å². The fourth-order valence-electron chi connectivity index (χ4n) is 3.53. The molecule has 1 atom stereocenters. The smallest absolute Gasteiger partial charge is 0.228 e. The van der Waals surface area contributed by atoms with Crippen LogP contribution in [0.3, 0.4) is 0 Å². The Balaban J connectivity index is 1.88. The molecule has 5 nitrogen and oxygen atoms in total. The summed E-state index contributed by atoms with van der Waals surface area (Å²) in [5.41, 5.74) is 1.00. The molecule has 1 saturated heterocycles. The van der Waals surface area contributed by atoms with Crippen LogP contribution in [0.1, 0.15) is 43.6 Å². The Morgan fingerprint density at radius 3 is 2.21 bits per heavy atom. The van der Waals surface area contributed by atoms with Crippen molar-refractivity contribution in [2.75, 3.05) is 18.8 Å². The molecule has 0 spiro atoms. The van der Waals surface area contributed by atoms with Gasteiger partial charge >= 0.3 is 0 Å². The molecule has 158 valence electrons. The molecule has 1 unspecified atom stereocenters. The number of halogens is 1. The molecule has 1 heterocycles. The molecule has 0 radical (unpaired) electrons. The zero-order valence-corrected chi connectivity index (χ0v) is 18.4. The first-order valence-electron chi connectivity index (χ1n) is 9.49. The van der Waals surface area contributed by atoms with Crippen molar-refractivity contribution in [2.24, 2.45) is 0 Å². The maximum Gasteiger partial charge on any atom is 0.243 e. The van der Waals surface area contributed by atoms with Gasteiger partial charge in [-0.1, -0.05) is 51.1 Å². The van der Waals surface area contributed by atoms with E-state index in [0.29, 0.717) is 0 Å². The Labute approximate surface area is 172 Å². The molecule has 8 heteroatoms. The van der Waals surface area contributed by atoms with E-state index < -0.39 is 30.9 Å². The number of hydrogen-bond acceptors (Lipinski definition) is 4. The summed E-state index contributed by atoms with van der Waals surface area (Å²) in [7, 11) is -7.52. The third-order valence-electron chi connectivity index (χ3n) is 5.31. The van der Waals surface area contributed by atoms with E-state index >= 15 is 0 Å². The summed E-state index contributed by atoms with van der Waals surface area (Å²) in [6.45, 7) is 6.00. The molecule has 29 heavy (non-hydrogen) atoms. The van der Waals surface area contributed by atoms with Gasteiger partial charge in [0.2, 0.25) is 10.0 Å². The van der Waals surface area contributed by atoms with Crippen molar-refractivity contribution < 1.29 is 21.2 Å². The lowest BCUT2D eigenvalue weighted by molar-refractivity contribution is 0.427. The van der Waals surface area contributed by atoms with E-state index in [1.807, 2.05) is 20.8 Å². The third kappa shape index (κ3) is 4.54. The van der Waals surface area contributed by atoms with Crippen LogP contribution in [0.5, 0.6) is 0 Å². The first-order valence-corrected chi connectivity index (χ1v) is 12.7. The molecule has 2 aromatic carbocycles. The number of hydrogen-bond donors (Lipinski definition) is 0. The predicted molar refractivity (Wildman–Crippen MR) is 111 cm³/mol. The minimum absolute atomic E-state index is 0.0155. The Hall–Kier alpha value is -1.77. The Kier molecular flexibility index (Phi) is 5.91. The highest BCUT2D eigenvalue weighted by Crippen LogP contribution is 2.33. The van der Waals surface area contributed by atoms with E-state index in [-0.39, 0.29) is 41.1 Å². The van der Waals surface area contributed by atoms with Crippen molar-refractivity contribution in [3.63, 3.8) is 0 Å². The minimum atomic E-state index is -3.84. The molecule has 0 saturated carbocycles. The van der Waals surface area contributed by atoms with Gasteiger partial charge in [-0.3, -0.25) is 0 Å². The molecule has 1 aliphatic heterocycles. The number of benzene rings is 2. The SMILES string of the molecule is CC(C)(C)c1ccc(S(=O)(=O)N2CCC(c3ccccc3F)S(=O)(=O)CC2)cc1. The molecule has 0 N–H and O–H groups in total.